The summed E-state index contributed by atoms with van der Waals surface area (Å²) in [5.41, 5.74) is 5.18. The second-order valence-corrected chi connectivity index (χ2v) is 5.83. The number of amides is 1. The van der Waals surface area contributed by atoms with Crippen molar-refractivity contribution in [1.29, 1.82) is 0 Å². The molecule has 0 heterocycles. The van der Waals surface area contributed by atoms with Gasteiger partial charge in [-0.1, -0.05) is 26.1 Å². The SMILES string of the molecule is CC(C)CN(C(=O)C1(C(N)=S)CC1)C(C)C. The van der Waals surface area contributed by atoms with Gasteiger partial charge in [0.05, 0.1) is 10.4 Å². The smallest absolute Gasteiger partial charge is 0.235 e. The van der Waals surface area contributed by atoms with Gasteiger partial charge >= 0.3 is 0 Å². The lowest BCUT2D eigenvalue weighted by atomic mass is 10.0. The topological polar surface area (TPSA) is 46.3 Å². The minimum Gasteiger partial charge on any atom is -0.392 e. The van der Waals surface area contributed by atoms with E-state index in [4.69, 9.17) is 18.0 Å². The second kappa shape index (κ2) is 4.70. The third-order valence-electron chi connectivity index (χ3n) is 3.08. The molecule has 1 amide bonds. The van der Waals surface area contributed by atoms with Crippen LogP contribution in [-0.2, 0) is 4.79 Å². The first-order valence-corrected chi connectivity index (χ1v) is 6.33. The van der Waals surface area contributed by atoms with E-state index in [9.17, 15) is 4.79 Å². The third kappa shape index (κ3) is 2.54. The van der Waals surface area contributed by atoms with E-state index in [1.165, 1.54) is 0 Å². The van der Waals surface area contributed by atoms with Crippen molar-refractivity contribution in [3.8, 4) is 0 Å². The minimum atomic E-state index is -0.505. The van der Waals surface area contributed by atoms with E-state index in [0.29, 0.717) is 10.9 Å². The molecule has 0 radical (unpaired) electrons. The van der Waals surface area contributed by atoms with Crippen LogP contribution in [0.2, 0.25) is 0 Å². The van der Waals surface area contributed by atoms with Crippen molar-refractivity contribution in [1.82, 2.24) is 4.90 Å². The first-order chi connectivity index (χ1) is 7.31. The maximum atomic E-state index is 12.4. The van der Waals surface area contributed by atoms with E-state index in [1.54, 1.807) is 0 Å². The highest BCUT2D eigenvalue weighted by Crippen LogP contribution is 2.47. The van der Waals surface area contributed by atoms with Gasteiger partial charge < -0.3 is 10.6 Å². The molecule has 0 aromatic heterocycles. The number of carbonyl (C=O) groups is 1. The van der Waals surface area contributed by atoms with E-state index >= 15 is 0 Å². The van der Waals surface area contributed by atoms with Crippen molar-refractivity contribution >= 4 is 23.1 Å². The molecule has 0 atom stereocenters. The van der Waals surface area contributed by atoms with Crippen LogP contribution in [0.3, 0.4) is 0 Å². The van der Waals surface area contributed by atoms with Crippen LogP contribution < -0.4 is 5.73 Å². The fourth-order valence-electron chi connectivity index (χ4n) is 1.89. The van der Waals surface area contributed by atoms with Crippen LogP contribution in [0.4, 0.5) is 0 Å². The van der Waals surface area contributed by atoms with Crippen LogP contribution in [-0.4, -0.2) is 28.4 Å². The Bertz CT molecular complexity index is 295. The van der Waals surface area contributed by atoms with Gasteiger partial charge in [-0.25, -0.2) is 0 Å². The monoisotopic (exact) mass is 242 g/mol. The van der Waals surface area contributed by atoms with Crippen molar-refractivity contribution in [2.24, 2.45) is 17.1 Å². The van der Waals surface area contributed by atoms with E-state index < -0.39 is 5.41 Å². The van der Waals surface area contributed by atoms with Gasteiger partial charge in [0, 0.05) is 12.6 Å². The Morgan fingerprint density at radius 2 is 1.88 bits per heavy atom. The van der Waals surface area contributed by atoms with E-state index in [-0.39, 0.29) is 11.9 Å². The summed E-state index contributed by atoms with van der Waals surface area (Å²) in [5, 5.41) is 0. The maximum absolute atomic E-state index is 12.4. The van der Waals surface area contributed by atoms with Crippen molar-refractivity contribution in [3.05, 3.63) is 0 Å². The molecule has 1 rings (SSSR count). The van der Waals surface area contributed by atoms with Gasteiger partial charge in [0.25, 0.3) is 0 Å². The zero-order chi connectivity index (χ0) is 12.5. The van der Waals surface area contributed by atoms with Crippen LogP contribution in [0.15, 0.2) is 0 Å². The number of hydrogen-bond acceptors (Lipinski definition) is 2. The van der Waals surface area contributed by atoms with Gasteiger partial charge in [-0.15, -0.1) is 0 Å². The Labute approximate surface area is 103 Å². The van der Waals surface area contributed by atoms with Gasteiger partial charge in [0.2, 0.25) is 5.91 Å². The number of nitrogens with two attached hydrogens (primary N) is 1. The molecule has 0 unspecified atom stereocenters. The van der Waals surface area contributed by atoms with Gasteiger partial charge in [0.1, 0.15) is 0 Å². The van der Waals surface area contributed by atoms with Gasteiger partial charge in [-0.2, -0.15) is 0 Å². The lowest BCUT2D eigenvalue weighted by Gasteiger charge is -2.31. The van der Waals surface area contributed by atoms with Crippen molar-refractivity contribution in [3.63, 3.8) is 0 Å². The zero-order valence-electron chi connectivity index (χ0n) is 10.6. The first-order valence-electron chi connectivity index (χ1n) is 5.92. The highest BCUT2D eigenvalue weighted by atomic mass is 32.1. The summed E-state index contributed by atoms with van der Waals surface area (Å²) in [6.07, 6.45) is 1.64. The molecule has 0 saturated heterocycles. The number of carbonyl (C=O) groups excluding carboxylic acids is 1. The molecule has 3 nitrogen and oxygen atoms in total. The molecular weight excluding hydrogens is 220 g/mol. The fourth-order valence-corrected chi connectivity index (χ4v) is 2.18. The molecule has 1 aliphatic rings. The molecule has 0 aromatic carbocycles. The summed E-state index contributed by atoms with van der Waals surface area (Å²) in [6.45, 7) is 9.08. The molecule has 0 aromatic rings. The van der Waals surface area contributed by atoms with E-state index in [0.717, 1.165) is 19.4 Å². The summed E-state index contributed by atoms with van der Waals surface area (Å²) < 4.78 is 0. The van der Waals surface area contributed by atoms with E-state index in [2.05, 4.69) is 13.8 Å². The summed E-state index contributed by atoms with van der Waals surface area (Å²) >= 11 is 5.02. The molecule has 4 heteroatoms. The Balaban J connectivity index is 2.80. The predicted molar refractivity (Wildman–Crippen MR) is 70.1 cm³/mol. The zero-order valence-corrected chi connectivity index (χ0v) is 11.4. The second-order valence-electron chi connectivity index (χ2n) is 5.39. The fraction of sp³-hybridized carbons (Fsp3) is 0.833. The number of thiocarbonyl (C=S) groups is 1. The minimum absolute atomic E-state index is 0.128. The quantitative estimate of drug-likeness (QED) is 0.750. The highest BCUT2D eigenvalue weighted by molar-refractivity contribution is 7.80. The molecule has 0 aliphatic heterocycles. The van der Waals surface area contributed by atoms with Crippen LogP contribution in [0, 0.1) is 11.3 Å². The third-order valence-corrected chi connectivity index (χ3v) is 3.47. The Morgan fingerprint density at radius 1 is 1.38 bits per heavy atom. The molecular formula is C12H22N2OS. The predicted octanol–water partition coefficient (Wildman–Crippen LogP) is 1.95. The first kappa shape index (κ1) is 13.4. The van der Waals surface area contributed by atoms with Gasteiger partial charge in [0.15, 0.2) is 0 Å². The molecule has 0 spiro atoms. The molecule has 0 bridgehead atoms. The Hall–Kier alpha value is -0.640. The number of nitrogens with zero attached hydrogens (tertiary/aromatic N) is 1. The summed E-state index contributed by atoms with van der Waals surface area (Å²) in [6, 6.07) is 0.210. The van der Waals surface area contributed by atoms with Crippen LogP contribution in [0.5, 0.6) is 0 Å². The van der Waals surface area contributed by atoms with Crippen molar-refractivity contribution in [2.45, 2.75) is 46.6 Å². The molecule has 1 fully saturated rings. The maximum Gasteiger partial charge on any atom is 0.235 e. The van der Waals surface area contributed by atoms with Crippen molar-refractivity contribution < 1.29 is 4.79 Å². The Kier molecular flexibility index (Phi) is 3.94. The average molecular weight is 242 g/mol. The molecule has 1 aliphatic carbocycles. The molecule has 92 valence electrons. The standard InChI is InChI=1S/C12H22N2OS/c1-8(2)7-14(9(3)4)11(15)12(5-6-12)10(13)16/h8-9H,5-7H2,1-4H3,(H2,13,16). The molecule has 2 N–H and O–H groups in total. The van der Waals surface area contributed by atoms with Gasteiger partial charge in [-0.3, -0.25) is 4.79 Å². The van der Waals surface area contributed by atoms with Crippen LogP contribution in [0.1, 0.15) is 40.5 Å². The average Bonchev–Trinajstić information content (AvgIpc) is 2.92. The lowest BCUT2D eigenvalue weighted by Crippen LogP contribution is -2.47. The highest BCUT2D eigenvalue weighted by Gasteiger charge is 2.54. The summed E-state index contributed by atoms with van der Waals surface area (Å²) in [7, 11) is 0. The van der Waals surface area contributed by atoms with Crippen LogP contribution in [0.25, 0.3) is 0 Å². The van der Waals surface area contributed by atoms with Gasteiger partial charge in [-0.05, 0) is 32.6 Å². The Morgan fingerprint density at radius 3 is 2.12 bits per heavy atom. The normalized spacial score (nSPS) is 17.6. The van der Waals surface area contributed by atoms with Crippen molar-refractivity contribution in [2.75, 3.05) is 6.54 Å². The molecule has 16 heavy (non-hydrogen) atoms. The summed E-state index contributed by atoms with van der Waals surface area (Å²) in [4.78, 5) is 14.7. The number of rotatable bonds is 5. The van der Waals surface area contributed by atoms with Crippen LogP contribution >= 0.6 is 12.2 Å². The molecule has 1 saturated carbocycles. The lowest BCUT2D eigenvalue weighted by molar-refractivity contribution is -0.136. The van der Waals surface area contributed by atoms with E-state index in [1.807, 2.05) is 18.7 Å². The number of hydrogen-bond donors (Lipinski definition) is 1. The summed E-state index contributed by atoms with van der Waals surface area (Å²) in [5.74, 6) is 0.595. The largest absolute Gasteiger partial charge is 0.392 e.